The van der Waals surface area contributed by atoms with Gasteiger partial charge in [-0.05, 0) is 43.2 Å². The molecule has 0 heterocycles. The molecule has 2 N–H and O–H groups in total. The summed E-state index contributed by atoms with van der Waals surface area (Å²) in [6, 6.07) is 10.6. The van der Waals surface area contributed by atoms with E-state index in [4.69, 9.17) is 4.74 Å². The van der Waals surface area contributed by atoms with Crippen molar-refractivity contribution in [1.29, 1.82) is 0 Å². The fourth-order valence-electron chi connectivity index (χ4n) is 1.92. The molecule has 128 valence electrons. The van der Waals surface area contributed by atoms with Gasteiger partial charge in [0, 0.05) is 0 Å². The summed E-state index contributed by atoms with van der Waals surface area (Å²) >= 11 is 0. The third-order valence-electron chi connectivity index (χ3n) is 3.15. The number of sulfonamides is 1. The van der Waals surface area contributed by atoms with Gasteiger partial charge in [-0.25, -0.2) is 12.8 Å². The van der Waals surface area contributed by atoms with Crippen molar-refractivity contribution in [3.8, 4) is 5.75 Å². The van der Waals surface area contributed by atoms with E-state index in [0.717, 1.165) is 5.56 Å². The number of hydrogen-bond acceptors (Lipinski definition) is 4. The smallest absolute Gasteiger partial charge is 0.272 e. The number of halogens is 1. The number of benzene rings is 2. The average Bonchev–Trinajstić information content (AvgIpc) is 2.54. The van der Waals surface area contributed by atoms with Crippen LogP contribution in [-0.2, 0) is 14.8 Å². The second kappa shape index (κ2) is 7.41. The van der Waals surface area contributed by atoms with Crippen molar-refractivity contribution >= 4 is 15.9 Å². The van der Waals surface area contributed by atoms with Crippen molar-refractivity contribution in [2.45, 2.75) is 18.7 Å². The van der Waals surface area contributed by atoms with E-state index < -0.39 is 28.4 Å². The van der Waals surface area contributed by atoms with E-state index in [1.807, 2.05) is 10.3 Å². The molecule has 0 aliphatic heterocycles. The second-order valence-corrected chi connectivity index (χ2v) is 6.79. The number of amides is 1. The highest BCUT2D eigenvalue weighted by molar-refractivity contribution is 7.89. The van der Waals surface area contributed by atoms with E-state index in [0.29, 0.717) is 5.56 Å². The van der Waals surface area contributed by atoms with Crippen LogP contribution in [0, 0.1) is 19.7 Å². The lowest BCUT2D eigenvalue weighted by atomic mass is 10.2. The van der Waals surface area contributed by atoms with Crippen LogP contribution in [0.2, 0.25) is 0 Å². The van der Waals surface area contributed by atoms with E-state index in [9.17, 15) is 17.6 Å². The molecule has 0 bridgehead atoms. The van der Waals surface area contributed by atoms with E-state index in [1.54, 1.807) is 32.0 Å². The predicted octanol–water partition coefficient (Wildman–Crippen LogP) is 1.83. The fraction of sp³-hybridized carbons (Fsp3) is 0.188. The Labute approximate surface area is 139 Å². The Morgan fingerprint density at radius 2 is 1.88 bits per heavy atom. The number of rotatable bonds is 6. The molecular weight excluding hydrogens is 335 g/mol. The van der Waals surface area contributed by atoms with Crippen LogP contribution >= 0.6 is 0 Å². The summed E-state index contributed by atoms with van der Waals surface area (Å²) in [6.07, 6.45) is 0. The van der Waals surface area contributed by atoms with Gasteiger partial charge < -0.3 is 4.74 Å². The summed E-state index contributed by atoms with van der Waals surface area (Å²) in [5, 5.41) is 0. The zero-order valence-corrected chi connectivity index (χ0v) is 14.0. The van der Waals surface area contributed by atoms with Gasteiger partial charge in [0.2, 0.25) is 0 Å². The topological polar surface area (TPSA) is 84.5 Å². The monoisotopic (exact) mass is 352 g/mol. The molecule has 0 radical (unpaired) electrons. The molecule has 0 saturated heterocycles. The number of hydrogen-bond donors (Lipinski definition) is 2. The minimum Gasteiger partial charge on any atom is -0.481 e. The highest BCUT2D eigenvalue weighted by Gasteiger charge is 2.18. The Bertz CT molecular complexity index is 853. The molecule has 2 aromatic carbocycles. The van der Waals surface area contributed by atoms with Crippen LogP contribution in [0.3, 0.4) is 0 Å². The lowest BCUT2D eigenvalue weighted by molar-refractivity contribution is -0.123. The predicted molar refractivity (Wildman–Crippen MR) is 86.3 cm³/mol. The van der Waals surface area contributed by atoms with Gasteiger partial charge in [-0.1, -0.05) is 24.3 Å². The highest BCUT2D eigenvalue weighted by Crippen LogP contribution is 2.16. The standard InChI is InChI=1S/C16H17FN2O4S/c1-11-7-8-12(2)15(9-11)24(21,22)19-18-16(20)10-23-14-6-4-3-5-13(14)17/h3-9,19H,10H2,1-2H3,(H,18,20). The number of hydrazine groups is 1. The van der Waals surface area contributed by atoms with E-state index >= 15 is 0 Å². The average molecular weight is 352 g/mol. The first-order valence-electron chi connectivity index (χ1n) is 7.05. The molecule has 0 spiro atoms. The summed E-state index contributed by atoms with van der Waals surface area (Å²) in [4.78, 5) is 13.7. The minimum atomic E-state index is -3.91. The van der Waals surface area contributed by atoms with Gasteiger partial charge >= 0.3 is 0 Å². The van der Waals surface area contributed by atoms with Crippen LogP contribution in [0.4, 0.5) is 4.39 Å². The molecular formula is C16H17FN2O4S. The molecule has 0 atom stereocenters. The fourth-order valence-corrected chi connectivity index (χ4v) is 3.11. The van der Waals surface area contributed by atoms with Crippen LogP contribution in [0.15, 0.2) is 47.4 Å². The van der Waals surface area contributed by atoms with Crippen molar-refractivity contribution in [2.24, 2.45) is 0 Å². The third-order valence-corrected chi connectivity index (χ3v) is 4.54. The second-order valence-electron chi connectivity index (χ2n) is 5.14. The lowest BCUT2D eigenvalue weighted by Crippen LogP contribution is -2.43. The Morgan fingerprint density at radius 3 is 2.58 bits per heavy atom. The van der Waals surface area contributed by atoms with Crippen molar-refractivity contribution in [3.05, 3.63) is 59.4 Å². The number of carbonyl (C=O) groups is 1. The summed E-state index contributed by atoms with van der Waals surface area (Å²) in [5.41, 5.74) is 3.35. The van der Waals surface area contributed by atoms with Gasteiger partial charge in [-0.3, -0.25) is 10.2 Å². The molecule has 0 fully saturated rings. The largest absolute Gasteiger partial charge is 0.481 e. The normalized spacial score (nSPS) is 11.1. The first-order chi connectivity index (χ1) is 11.3. The van der Waals surface area contributed by atoms with Crippen LogP contribution < -0.4 is 15.0 Å². The minimum absolute atomic E-state index is 0.0674. The first kappa shape index (κ1) is 17.9. The van der Waals surface area contributed by atoms with Gasteiger partial charge in [0.25, 0.3) is 15.9 Å². The molecule has 0 aromatic heterocycles. The third kappa shape index (κ3) is 4.53. The Hall–Kier alpha value is -2.45. The van der Waals surface area contributed by atoms with Gasteiger partial charge in [0.1, 0.15) is 0 Å². The van der Waals surface area contributed by atoms with Crippen LogP contribution in [-0.4, -0.2) is 20.9 Å². The van der Waals surface area contributed by atoms with Gasteiger partial charge in [-0.2, -0.15) is 0 Å². The number of nitrogens with one attached hydrogen (secondary N) is 2. The van der Waals surface area contributed by atoms with Crippen molar-refractivity contribution < 1.29 is 22.3 Å². The maximum atomic E-state index is 13.4. The summed E-state index contributed by atoms with van der Waals surface area (Å²) in [5.74, 6) is -1.46. The van der Waals surface area contributed by atoms with Gasteiger partial charge in [-0.15, -0.1) is 4.83 Å². The molecule has 2 aromatic rings. The number of para-hydroxylation sites is 1. The van der Waals surface area contributed by atoms with Crippen LogP contribution in [0.5, 0.6) is 5.75 Å². The van der Waals surface area contributed by atoms with Crippen molar-refractivity contribution in [3.63, 3.8) is 0 Å². The zero-order chi connectivity index (χ0) is 17.7. The SMILES string of the molecule is Cc1ccc(C)c(S(=O)(=O)NNC(=O)COc2ccccc2F)c1. The Balaban J connectivity index is 1.95. The van der Waals surface area contributed by atoms with E-state index in [2.05, 4.69) is 0 Å². The van der Waals surface area contributed by atoms with E-state index in [-0.39, 0.29) is 10.6 Å². The van der Waals surface area contributed by atoms with Crippen LogP contribution in [0.1, 0.15) is 11.1 Å². The summed E-state index contributed by atoms with van der Waals surface area (Å²) < 4.78 is 42.8. The van der Waals surface area contributed by atoms with Crippen molar-refractivity contribution in [1.82, 2.24) is 10.3 Å². The molecule has 6 nitrogen and oxygen atoms in total. The number of carbonyl (C=O) groups excluding carboxylic acids is 1. The molecule has 2 rings (SSSR count). The zero-order valence-electron chi connectivity index (χ0n) is 13.2. The van der Waals surface area contributed by atoms with Gasteiger partial charge in [0.15, 0.2) is 18.2 Å². The Kier molecular flexibility index (Phi) is 5.53. The molecule has 8 heteroatoms. The Morgan fingerprint density at radius 1 is 1.17 bits per heavy atom. The van der Waals surface area contributed by atoms with Crippen LogP contribution in [0.25, 0.3) is 0 Å². The first-order valence-corrected chi connectivity index (χ1v) is 8.53. The molecule has 0 aliphatic carbocycles. The molecule has 0 saturated carbocycles. The molecule has 24 heavy (non-hydrogen) atoms. The van der Waals surface area contributed by atoms with Gasteiger partial charge in [0.05, 0.1) is 4.90 Å². The summed E-state index contributed by atoms with van der Waals surface area (Å²) in [7, 11) is -3.91. The number of aryl methyl sites for hydroxylation is 2. The highest BCUT2D eigenvalue weighted by atomic mass is 32.2. The van der Waals surface area contributed by atoms with E-state index in [1.165, 1.54) is 24.3 Å². The number of ether oxygens (including phenoxy) is 1. The molecule has 1 amide bonds. The maximum Gasteiger partial charge on any atom is 0.272 e. The van der Waals surface area contributed by atoms with Crippen molar-refractivity contribution in [2.75, 3.05) is 6.61 Å². The quantitative estimate of drug-likeness (QED) is 0.777. The summed E-state index contributed by atoms with van der Waals surface area (Å²) in [6.45, 7) is 2.88. The molecule has 0 aliphatic rings. The molecule has 0 unspecified atom stereocenters. The maximum absolute atomic E-state index is 13.4. The lowest BCUT2D eigenvalue weighted by Gasteiger charge is -2.11.